The zero-order valence-electron chi connectivity index (χ0n) is 21.2. The van der Waals surface area contributed by atoms with Crippen LogP contribution in [-0.2, 0) is 0 Å². The van der Waals surface area contributed by atoms with Crippen molar-refractivity contribution in [1.29, 1.82) is 0 Å². The molecule has 0 aliphatic carbocycles. The van der Waals surface area contributed by atoms with Gasteiger partial charge in [0.25, 0.3) is 0 Å². The highest BCUT2D eigenvalue weighted by atomic mass is 16.5. The molecule has 0 radical (unpaired) electrons. The number of ether oxygens (including phenoxy) is 2. The van der Waals surface area contributed by atoms with E-state index in [0.29, 0.717) is 5.56 Å². The zero-order chi connectivity index (χ0) is 25.3. The average Bonchev–Trinajstić information content (AvgIpc) is 2.93. The lowest BCUT2D eigenvalue weighted by molar-refractivity contribution is 0.104. The van der Waals surface area contributed by atoms with Crippen LogP contribution in [0.1, 0.15) is 72.9 Å². The lowest BCUT2D eigenvalue weighted by Gasteiger charge is -2.07. The van der Waals surface area contributed by atoms with Gasteiger partial charge in [-0.2, -0.15) is 0 Å². The minimum Gasteiger partial charge on any atom is -0.494 e. The van der Waals surface area contributed by atoms with E-state index < -0.39 is 0 Å². The molecule has 0 saturated heterocycles. The number of rotatable bonds is 17. The number of hydrogen-bond acceptors (Lipinski definition) is 3. The SMILES string of the molecule is C=Cc1ccc(OCCCCCCCCCCOc2ccc(/C=C/C(=O)c3ccccc3)cc2)cc1. The molecule has 0 N–H and O–H groups in total. The lowest BCUT2D eigenvalue weighted by atomic mass is 10.1. The van der Waals surface area contributed by atoms with Crippen LogP contribution >= 0.6 is 0 Å². The summed E-state index contributed by atoms with van der Waals surface area (Å²) in [6.45, 7) is 5.30. The maximum atomic E-state index is 12.2. The standard InChI is InChI=1S/C33H38O3/c1-2-28-16-21-31(22-17-28)35-26-12-7-5-3-4-6-8-13-27-36-32-23-18-29(19-24-32)20-25-33(34)30-14-10-9-11-15-30/h2,9-11,14-25H,1,3-8,12-13,26-27H2/b25-20+. The van der Waals surface area contributed by atoms with Crippen LogP contribution in [0.2, 0.25) is 0 Å². The Morgan fingerprint density at radius 1 is 0.611 bits per heavy atom. The molecular weight excluding hydrogens is 444 g/mol. The number of allylic oxidation sites excluding steroid dienone is 1. The van der Waals surface area contributed by atoms with E-state index >= 15 is 0 Å². The molecule has 0 amide bonds. The molecular formula is C33H38O3. The number of benzene rings is 3. The van der Waals surface area contributed by atoms with E-state index in [9.17, 15) is 4.79 Å². The Morgan fingerprint density at radius 2 is 1.08 bits per heavy atom. The van der Waals surface area contributed by atoms with Crippen molar-refractivity contribution in [3.63, 3.8) is 0 Å². The molecule has 188 valence electrons. The highest BCUT2D eigenvalue weighted by Crippen LogP contribution is 2.16. The summed E-state index contributed by atoms with van der Waals surface area (Å²) in [5, 5.41) is 0. The Morgan fingerprint density at radius 3 is 1.58 bits per heavy atom. The van der Waals surface area contributed by atoms with Gasteiger partial charge < -0.3 is 9.47 Å². The minimum atomic E-state index is 0.00996. The first-order chi connectivity index (χ1) is 17.7. The van der Waals surface area contributed by atoms with Gasteiger partial charge in [0.1, 0.15) is 11.5 Å². The predicted molar refractivity (Wildman–Crippen MR) is 151 cm³/mol. The van der Waals surface area contributed by atoms with E-state index in [1.165, 1.54) is 38.5 Å². The molecule has 3 nitrogen and oxygen atoms in total. The third-order valence-electron chi connectivity index (χ3n) is 6.06. The monoisotopic (exact) mass is 482 g/mol. The van der Waals surface area contributed by atoms with Gasteiger partial charge in [-0.3, -0.25) is 4.79 Å². The van der Waals surface area contributed by atoms with Crippen molar-refractivity contribution in [2.45, 2.75) is 51.4 Å². The number of unbranched alkanes of at least 4 members (excludes halogenated alkanes) is 7. The largest absolute Gasteiger partial charge is 0.494 e. The number of ketones is 1. The molecule has 0 aliphatic rings. The first kappa shape index (κ1) is 27.0. The van der Waals surface area contributed by atoms with Crippen LogP contribution in [0, 0.1) is 0 Å². The van der Waals surface area contributed by atoms with Gasteiger partial charge >= 0.3 is 0 Å². The zero-order valence-corrected chi connectivity index (χ0v) is 21.2. The van der Waals surface area contributed by atoms with Crippen molar-refractivity contribution in [2.24, 2.45) is 0 Å². The van der Waals surface area contributed by atoms with E-state index in [1.807, 2.05) is 91.0 Å². The highest BCUT2D eigenvalue weighted by Gasteiger charge is 2.00. The second kappa shape index (κ2) is 16.1. The fraction of sp³-hybridized carbons (Fsp3) is 0.303. The van der Waals surface area contributed by atoms with Gasteiger partial charge in [-0.1, -0.05) is 112 Å². The maximum Gasteiger partial charge on any atom is 0.185 e. The van der Waals surface area contributed by atoms with Gasteiger partial charge in [0.05, 0.1) is 13.2 Å². The molecule has 0 unspecified atom stereocenters. The van der Waals surface area contributed by atoms with Gasteiger partial charge in [-0.15, -0.1) is 0 Å². The van der Waals surface area contributed by atoms with Crippen LogP contribution in [0.5, 0.6) is 11.5 Å². The summed E-state index contributed by atoms with van der Waals surface area (Å²) < 4.78 is 11.7. The summed E-state index contributed by atoms with van der Waals surface area (Å²) in [7, 11) is 0. The topological polar surface area (TPSA) is 35.5 Å². The molecule has 0 saturated carbocycles. The molecule has 3 heteroatoms. The van der Waals surface area contributed by atoms with E-state index in [4.69, 9.17) is 9.47 Å². The molecule has 0 heterocycles. The van der Waals surface area contributed by atoms with Crippen molar-refractivity contribution in [2.75, 3.05) is 13.2 Å². The van der Waals surface area contributed by atoms with Gasteiger partial charge in [-0.25, -0.2) is 0 Å². The van der Waals surface area contributed by atoms with Crippen molar-refractivity contribution in [3.8, 4) is 11.5 Å². The predicted octanol–water partition coefficient (Wildman–Crippen LogP) is 8.80. The maximum absolute atomic E-state index is 12.2. The van der Waals surface area contributed by atoms with Crippen molar-refractivity contribution in [3.05, 3.63) is 108 Å². The van der Waals surface area contributed by atoms with Crippen molar-refractivity contribution in [1.82, 2.24) is 0 Å². The second-order valence-corrected chi connectivity index (χ2v) is 8.93. The number of carbonyl (C=O) groups excluding carboxylic acids is 1. The fourth-order valence-corrected chi connectivity index (χ4v) is 3.89. The molecule has 3 rings (SSSR count). The molecule has 0 spiro atoms. The molecule has 36 heavy (non-hydrogen) atoms. The molecule has 0 aliphatic heterocycles. The highest BCUT2D eigenvalue weighted by molar-refractivity contribution is 6.06. The minimum absolute atomic E-state index is 0.00996. The van der Waals surface area contributed by atoms with Gasteiger partial charge in [0.15, 0.2) is 5.78 Å². The first-order valence-corrected chi connectivity index (χ1v) is 13.1. The third kappa shape index (κ3) is 10.4. The van der Waals surface area contributed by atoms with Crippen LogP contribution in [0.3, 0.4) is 0 Å². The van der Waals surface area contributed by atoms with E-state index in [1.54, 1.807) is 6.08 Å². The van der Waals surface area contributed by atoms with Crippen LogP contribution in [0.25, 0.3) is 12.2 Å². The quantitative estimate of drug-likeness (QED) is 0.110. The van der Waals surface area contributed by atoms with Gasteiger partial charge in [0.2, 0.25) is 0 Å². The number of carbonyl (C=O) groups is 1. The summed E-state index contributed by atoms with van der Waals surface area (Å²) in [4.78, 5) is 12.2. The molecule has 3 aromatic rings. The Kier molecular flexibility index (Phi) is 12.1. The van der Waals surface area contributed by atoms with E-state index in [0.717, 1.165) is 48.7 Å². The first-order valence-electron chi connectivity index (χ1n) is 13.1. The molecule has 0 bridgehead atoms. The van der Waals surface area contributed by atoms with Crippen LogP contribution in [-0.4, -0.2) is 19.0 Å². The molecule has 3 aromatic carbocycles. The van der Waals surface area contributed by atoms with Crippen molar-refractivity contribution < 1.29 is 14.3 Å². The second-order valence-electron chi connectivity index (χ2n) is 8.93. The molecule has 0 fully saturated rings. The van der Waals surface area contributed by atoms with E-state index in [2.05, 4.69) is 6.58 Å². The lowest BCUT2D eigenvalue weighted by Crippen LogP contribution is -1.98. The fourth-order valence-electron chi connectivity index (χ4n) is 3.89. The van der Waals surface area contributed by atoms with Crippen LogP contribution in [0.15, 0.2) is 91.5 Å². The van der Waals surface area contributed by atoms with Gasteiger partial charge in [-0.05, 0) is 54.3 Å². The molecule has 0 atom stereocenters. The third-order valence-corrected chi connectivity index (χ3v) is 6.06. The number of hydrogen-bond donors (Lipinski definition) is 0. The summed E-state index contributed by atoms with van der Waals surface area (Å²) in [5.41, 5.74) is 2.80. The summed E-state index contributed by atoms with van der Waals surface area (Å²) >= 11 is 0. The Hall–Kier alpha value is -3.59. The Labute approximate surface area is 216 Å². The van der Waals surface area contributed by atoms with Crippen LogP contribution < -0.4 is 9.47 Å². The van der Waals surface area contributed by atoms with Gasteiger partial charge in [0, 0.05) is 5.56 Å². The summed E-state index contributed by atoms with van der Waals surface area (Å²) in [5.74, 6) is 1.82. The Bertz CT molecular complexity index is 1050. The van der Waals surface area contributed by atoms with Crippen LogP contribution in [0.4, 0.5) is 0 Å². The summed E-state index contributed by atoms with van der Waals surface area (Å²) in [6, 6.07) is 25.3. The Balaban J connectivity index is 1.16. The normalized spacial score (nSPS) is 10.9. The van der Waals surface area contributed by atoms with Crippen molar-refractivity contribution >= 4 is 17.9 Å². The molecule has 0 aromatic heterocycles. The average molecular weight is 483 g/mol. The van der Waals surface area contributed by atoms with E-state index in [-0.39, 0.29) is 5.78 Å². The smallest absolute Gasteiger partial charge is 0.185 e. The summed E-state index contributed by atoms with van der Waals surface area (Å²) in [6.07, 6.45) is 15.0.